The molecular weight excluding hydrogens is 254 g/mol. The van der Waals surface area contributed by atoms with Gasteiger partial charge in [-0.05, 0) is 17.7 Å². The molecule has 0 bridgehead atoms. The maximum Gasteiger partial charge on any atom is 0.269 e. The van der Waals surface area contributed by atoms with Crippen molar-refractivity contribution in [1.29, 1.82) is 0 Å². The minimum atomic E-state index is -0.426. The van der Waals surface area contributed by atoms with Crippen LogP contribution in [0, 0.1) is 10.1 Å². The monoisotopic (exact) mass is 269 g/mol. The van der Waals surface area contributed by atoms with Gasteiger partial charge in [0.2, 0.25) is 0 Å². The van der Waals surface area contributed by atoms with E-state index in [0.717, 1.165) is 0 Å². The third-order valence-corrected chi connectivity index (χ3v) is 2.90. The zero-order valence-corrected chi connectivity index (χ0v) is 11.1. The molecule has 5 nitrogen and oxygen atoms in total. The molecule has 2 aromatic carbocycles. The molecule has 5 heteroatoms. The highest BCUT2D eigenvalue weighted by Gasteiger charge is 2.03. The summed E-state index contributed by atoms with van der Waals surface area (Å²) in [5, 5.41) is 14.7. The molecule has 0 aliphatic rings. The lowest BCUT2D eigenvalue weighted by atomic mass is 10.0. The van der Waals surface area contributed by atoms with Crippen molar-refractivity contribution in [2.75, 3.05) is 5.43 Å². The summed E-state index contributed by atoms with van der Waals surface area (Å²) < 4.78 is 0. The number of non-ortho nitro benzene ring substituents is 1. The van der Waals surface area contributed by atoms with E-state index in [1.165, 1.54) is 17.7 Å². The summed E-state index contributed by atoms with van der Waals surface area (Å²) in [6.07, 6.45) is 1.80. The Morgan fingerprint density at radius 1 is 1.15 bits per heavy atom. The lowest BCUT2D eigenvalue weighted by Crippen LogP contribution is -1.97. The molecule has 0 aliphatic heterocycles. The highest BCUT2D eigenvalue weighted by atomic mass is 16.6. The minimum Gasteiger partial charge on any atom is -0.279 e. The van der Waals surface area contributed by atoms with Gasteiger partial charge < -0.3 is 0 Å². The summed E-state index contributed by atoms with van der Waals surface area (Å²) in [5.74, 6) is 0.196. The Labute approximate surface area is 117 Å². The van der Waals surface area contributed by atoms with Crippen LogP contribution in [-0.2, 0) is 0 Å². The smallest absolute Gasteiger partial charge is 0.269 e. The Hall–Kier alpha value is -2.69. The first-order chi connectivity index (χ1) is 9.66. The molecule has 0 heterocycles. The number of nitrogens with zero attached hydrogens (tertiary/aromatic N) is 2. The maximum absolute atomic E-state index is 10.5. The molecule has 0 aliphatic carbocycles. The lowest BCUT2D eigenvalue weighted by molar-refractivity contribution is -0.384. The number of hydrogen-bond acceptors (Lipinski definition) is 4. The number of anilines is 1. The third-order valence-electron chi connectivity index (χ3n) is 2.90. The topological polar surface area (TPSA) is 67.5 Å². The van der Waals surface area contributed by atoms with Gasteiger partial charge in [0.1, 0.15) is 0 Å². The predicted octanol–water partition coefficient (Wildman–Crippen LogP) is 3.80. The molecular formula is C15H15N3O2. The largest absolute Gasteiger partial charge is 0.279 e. The Morgan fingerprint density at radius 2 is 1.80 bits per heavy atom. The van der Waals surface area contributed by atoms with Crippen LogP contribution in [0.3, 0.4) is 0 Å². The molecule has 0 fully saturated rings. The van der Waals surface area contributed by atoms with E-state index >= 15 is 0 Å². The first-order valence-corrected chi connectivity index (χ1v) is 6.25. The summed E-state index contributed by atoms with van der Waals surface area (Å²) in [6, 6.07) is 16.2. The fourth-order valence-electron chi connectivity index (χ4n) is 1.72. The van der Waals surface area contributed by atoms with Gasteiger partial charge in [-0.3, -0.25) is 15.5 Å². The minimum absolute atomic E-state index is 0.0668. The molecule has 102 valence electrons. The van der Waals surface area contributed by atoms with Crippen molar-refractivity contribution in [3.05, 3.63) is 70.3 Å². The molecule has 1 atom stereocenters. The Kier molecular flexibility index (Phi) is 4.44. The number of hydrogen-bond donors (Lipinski definition) is 1. The van der Waals surface area contributed by atoms with E-state index in [0.29, 0.717) is 5.69 Å². The van der Waals surface area contributed by atoms with Crippen LogP contribution >= 0.6 is 0 Å². The normalized spacial score (nSPS) is 12.2. The molecule has 0 aromatic heterocycles. The van der Waals surface area contributed by atoms with Crippen LogP contribution in [0.25, 0.3) is 0 Å². The number of hydrazone groups is 1. The van der Waals surface area contributed by atoms with E-state index in [1.807, 2.05) is 30.3 Å². The Morgan fingerprint density at radius 3 is 2.40 bits per heavy atom. The summed E-state index contributed by atoms with van der Waals surface area (Å²) in [7, 11) is 0. The molecule has 20 heavy (non-hydrogen) atoms. The Balaban J connectivity index is 1.94. The Bertz CT molecular complexity index is 594. The van der Waals surface area contributed by atoms with Crippen LogP contribution < -0.4 is 5.43 Å². The first kappa shape index (κ1) is 13.7. The van der Waals surface area contributed by atoms with Crippen LogP contribution in [0.5, 0.6) is 0 Å². The zero-order chi connectivity index (χ0) is 14.4. The van der Waals surface area contributed by atoms with Crippen molar-refractivity contribution in [1.82, 2.24) is 0 Å². The number of nitro benzene ring substituents is 1. The van der Waals surface area contributed by atoms with Gasteiger partial charge in [0.25, 0.3) is 5.69 Å². The molecule has 2 aromatic rings. The van der Waals surface area contributed by atoms with Gasteiger partial charge in [0, 0.05) is 24.3 Å². The second kappa shape index (κ2) is 6.47. The molecule has 1 unspecified atom stereocenters. The van der Waals surface area contributed by atoms with Crippen molar-refractivity contribution >= 4 is 17.6 Å². The second-order valence-corrected chi connectivity index (χ2v) is 4.39. The van der Waals surface area contributed by atoms with Gasteiger partial charge in [-0.15, -0.1) is 0 Å². The van der Waals surface area contributed by atoms with E-state index in [-0.39, 0.29) is 11.6 Å². The van der Waals surface area contributed by atoms with Gasteiger partial charge in [0.15, 0.2) is 0 Å². The fraction of sp³-hybridized carbons (Fsp3) is 0.133. The van der Waals surface area contributed by atoms with Crippen molar-refractivity contribution in [3.8, 4) is 0 Å². The van der Waals surface area contributed by atoms with Crippen LogP contribution in [0.4, 0.5) is 11.4 Å². The van der Waals surface area contributed by atoms with E-state index in [9.17, 15) is 10.1 Å². The van der Waals surface area contributed by atoms with Crippen LogP contribution in [0.1, 0.15) is 18.4 Å². The average molecular weight is 269 g/mol. The molecule has 0 saturated heterocycles. The fourth-order valence-corrected chi connectivity index (χ4v) is 1.72. The SMILES string of the molecule is CC(/C=N/Nc1ccc([N+](=O)[O-])cc1)c1ccccc1. The van der Waals surface area contributed by atoms with Crippen LogP contribution in [0.2, 0.25) is 0 Å². The third kappa shape index (κ3) is 3.65. The van der Waals surface area contributed by atoms with Gasteiger partial charge >= 0.3 is 0 Å². The number of rotatable bonds is 5. The molecule has 0 radical (unpaired) electrons. The summed E-state index contributed by atoms with van der Waals surface area (Å²) in [6.45, 7) is 2.05. The zero-order valence-electron chi connectivity index (χ0n) is 11.1. The number of nitrogens with one attached hydrogen (secondary N) is 1. The van der Waals surface area contributed by atoms with Gasteiger partial charge in [0.05, 0.1) is 10.6 Å². The van der Waals surface area contributed by atoms with Crippen LogP contribution in [0.15, 0.2) is 59.7 Å². The van der Waals surface area contributed by atoms with E-state index < -0.39 is 4.92 Å². The van der Waals surface area contributed by atoms with E-state index in [1.54, 1.807) is 18.3 Å². The molecule has 1 N–H and O–H groups in total. The average Bonchev–Trinajstić information content (AvgIpc) is 2.48. The summed E-state index contributed by atoms with van der Waals surface area (Å²) in [4.78, 5) is 10.1. The predicted molar refractivity (Wildman–Crippen MR) is 80.1 cm³/mol. The van der Waals surface area contributed by atoms with Crippen molar-refractivity contribution < 1.29 is 4.92 Å². The molecule has 0 saturated carbocycles. The van der Waals surface area contributed by atoms with Crippen molar-refractivity contribution in [2.24, 2.45) is 5.10 Å². The lowest BCUT2D eigenvalue weighted by Gasteiger charge is -2.05. The standard InChI is InChI=1S/C15H15N3O2/c1-12(13-5-3-2-4-6-13)11-16-17-14-7-9-15(10-8-14)18(19)20/h2-12,17H,1H3/b16-11+. The van der Waals surface area contributed by atoms with Crippen molar-refractivity contribution in [3.63, 3.8) is 0 Å². The van der Waals surface area contributed by atoms with Crippen LogP contribution in [-0.4, -0.2) is 11.1 Å². The summed E-state index contributed by atoms with van der Waals surface area (Å²) in [5.41, 5.74) is 4.82. The van der Waals surface area contributed by atoms with E-state index in [4.69, 9.17) is 0 Å². The maximum atomic E-state index is 10.5. The van der Waals surface area contributed by atoms with Gasteiger partial charge in [-0.25, -0.2) is 0 Å². The molecule has 2 rings (SSSR count). The molecule has 0 spiro atoms. The molecule has 0 amide bonds. The van der Waals surface area contributed by atoms with Gasteiger partial charge in [-0.2, -0.15) is 5.10 Å². The van der Waals surface area contributed by atoms with E-state index in [2.05, 4.69) is 17.5 Å². The first-order valence-electron chi connectivity index (χ1n) is 6.25. The highest BCUT2D eigenvalue weighted by Crippen LogP contribution is 2.16. The number of benzene rings is 2. The van der Waals surface area contributed by atoms with Crippen molar-refractivity contribution in [2.45, 2.75) is 12.8 Å². The van der Waals surface area contributed by atoms with Gasteiger partial charge in [-0.1, -0.05) is 37.3 Å². The number of nitro groups is 1. The quantitative estimate of drug-likeness (QED) is 0.510. The second-order valence-electron chi connectivity index (χ2n) is 4.39. The summed E-state index contributed by atoms with van der Waals surface area (Å²) >= 11 is 0. The highest BCUT2D eigenvalue weighted by molar-refractivity contribution is 5.68.